The van der Waals surface area contributed by atoms with Gasteiger partial charge in [-0.05, 0) is 57.7 Å². The lowest BCUT2D eigenvalue weighted by Crippen LogP contribution is -2.40. The average molecular weight is 459 g/mol. The highest BCUT2D eigenvalue weighted by molar-refractivity contribution is 5.95. The molecule has 2 aromatic rings. The number of piperidine rings is 1. The third-order valence-corrected chi connectivity index (χ3v) is 6.18. The van der Waals surface area contributed by atoms with Gasteiger partial charge in [-0.15, -0.1) is 0 Å². The van der Waals surface area contributed by atoms with E-state index < -0.39 is 0 Å². The largest absolute Gasteiger partial charge is 0.490 e. The lowest BCUT2D eigenvalue weighted by molar-refractivity contribution is 0.0702. The summed E-state index contributed by atoms with van der Waals surface area (Å²) in [6.07, 6.45) is 3.79. The zero-order valence-corrected chi connectivity index (χ0v) is 19.8. The van der Waals surface area contributed by atoms with Crippen molar-refractivity contribution in [2.45, 2.75) is 58.0 Å². The normalized spacial score (nSPS) is 18.4. The van der Waals surface area contributed by atoms with Crippen LogP contribution < -0.4 is 15.2 Å². The number of ether oxygens (including phenoxy) is 3. The number of likely N-dealkylation sites (tertiary alicyclic amines) is 1. The van der Waals surface area contributed by atoms with Gasteiger partial charge in [-0.3, -0.25) is 9.36 Å². The van der Waals surface area contributed by atoms with Gasteiger partial charge in [-0.25, -0.2) is 9.48 Å². The van der Waals surface area contributed by atoms with Crippen molar-refractivity contribution in [1.82, 2.24) is 19.2 Å². The summed E-state index contributed by atoms with van der Waals surface area (Å²) >= 11 is 0. The Morgan fingerprint density at radius 1 is 1.12 bits per heavy atom. The smallest absolute Gasteiger partial charge is 0.346 e. The first-order valence-corrected chi connectivity index (χ1v) is 11.9. The Kier molecular flexibility index (Phi) is 7.37. The van der Waals surface area contributed by atoms with E-state index in [-0.39, 0.29) is 23.6 Å². The molecule has 0 N–H and O–H groups in total. The zero-order chi connectivity index (χ0) is 23.4. The van der Waals surface area contributed by atoms with Gasteiger partial charge in [0.2, 0.25) is 0 Å². The molecule has 2 fully saturated rings. The molecule has 1 aromatic carbocycles. The van der Waals surface area contributed by atoms with Crippen LogP contribution in [0.5, 0.6) is 11.5 Å². The molecule has 4 rings (SSSR count). The molecular weight excluding hydrogens is 424 g/mol. The summed E-state index contributed by atoms with van der Waals surface area (Å²) in [5, 5.41) is 4.68. The van der Waals surface area contributed by atoms with E-state index >= 15 is 0 Å². The maximum absolute atomic E-state index is 13.4. The standard InChI is InChI=1S/C24H34N4O5/c1-4-32-20-11-8-17(15-21(20)33-5-2)23(29)26-12-6-7-18(16-26)22-25-27(13-14-31-3)24(30)28(22)19-9-10-19/h8,11,15,18-19H,4-7,9-10,12-14,16H2,1-3H3. The van der Waals surface area contributed by atoms with Crippen LogP contribution in [-0.2, 0) is 11.3 Å². The lowest BCUT2D eigenvalue weighted by atomic mass is 9.96. The van der Waals surface area contributed by atoms with E-state index in [1.54, 1.807) is 25.3 Å². The topological polar surface area (TPSA) is 87.8 Å². The van der Waals surface area contributed by atoms with Gasteiger partial charge in [0.25, 0.3) is 5.91 Å². The average Bonchev–Trinajstić information content (AvgIpc) is 3.61. The van der Waals surface area contributed by atoms with Crippen LogP contribution >= 0.6 is 0 Å². The van der Waals surface area contributed by atoms with Gasteiger partial charge in [0.1, 0.15) is 5.82 Å². The zero-order valence-electron chi connectivity index (χ0n) is 19.8. The van der Waals surface area contributed by atoms with Gasteiger partial charge in [0.15, 0.2) is 11.5 Å². The molecule has 1 aromatic heterocycles. The van der Waals surface area contributed by atoms with Gasteiger partial charge in [0, 0.05) is 37.7 Å². The highest BCUT2D eigenvalue weighted by atomic mass is 16.5. The maximum atomic E-state index is 13.4. The Hall–Kier alpha value is -2.81. The first-order chi connectivity index (χ1) is 16.1. The molecule has 1 atom stereocenters. The summed E-state index contributed by atoms with van der Waals surface area (Å²) in [4.78, 5) is 28.2. The van der Waals surface area contributed by atoms with E-state index in [4.69, 9.17) is 14.2 Å². The molecule has 9 nitrogen and oxygen atoms in total. The number of nitrogens with zero attached hydrogens (tertiary/aromatic N) is 4. The van der Waals surface area contributed by atoms with E-state index in [9.17, 15) is 9.59 Å². The molecule has 1 saturated heterocycles. The third kappa shape index (κ3) is 5.08. The number of aromatic nitrogens is 3. The van der Waals surface area contributed by atoms with Crippen molar-refractivity contribution < 1.29 is 19.0 Å². The van der Waals surface area contributed by atoms with Crippen LogP contribution in [0.3, 0.4) is 0 Å². The van der Waals surface area contributed by atoms with Crippen molar-refractivity contribution in [3.63, 3.8) is 0 Å². The molecule has 1 unspecified atom stereocenters. The van der Waals surface area contributed by atoms with Crippen molar-refractivity contribution in [1.29, 1.82) is 0 Å². The molecule has 1 saturated carbocycles. The van der Waals surface area contributed by atoms with E-state index in [1.807, 2.05) is 23.3 Å². The summed E-state index contributed by atoms with van der Waals surface area (Å²) in [6, 6.07) is 5.58. The van der Waals surface area contributed by atoms with Crippen molar-refractivity contribution in [3.05, 3.63) is 40.1 Å². The van der Waals surface area contributed by atoms with E-state index in [0.29, 0.717) is 56.5 Å². The van der Waals surface area contributed by atoms with Crippen molar-refractivity contribution in [2.75, 3.05) is 40.0 Å². The Labute approximate surface area is 194 Å². The van der Waals surface area contributed by atoms with Gasteiger partial charge in [0.05, 0.1) is 26.4 Å². The van der Waals surface area contributed by atoms with Crippen LogP contribution in [0.25, 0.3) is 0 Å². The Balaban J connectivity index is 1.55. The minimum absolute atomic E-state index is 0.0360. The minimum atomic E-state index is -0.0686. The van der Waals surface area contributed by atoms with Gasteiger partial charge in [-0.2, -0.15) is 5.10 Å². The minimum Gasteiger partial charge on any atom is -0.490 e. The number of carbonyl (C=O) groups excluding carboxylic acids is 1. The Morgan fingerprint density at radius 3 is 2.58 bits per heavy atom. The predicted molar refractivity (Wildman–Crippen MR) is 123 cm³/mol. The highest BCUT2D eigenvalue weighted by Gasteiger charge is 2.35. The number of rotatable bonds is 10. The predicted octanol–water partition coefficient (Wildman–Crippen LogP) is 2.84. The summed E-state index contributed by atoms with van der Waals surface area (Å²) < 4.78 is 19.8. The summed E-state index contributed by atoms with van der Waals surface area (Å²) in [5.74, 6) is 2.02. The van der Waals surface area contributed by atoms with Crippen molar-refractivity contribution >= 4 is 5.91 Å². The molecule has 180 valence electrons. The van der Waals surface area contributed by atoms with Gasteiger partial charge < -0.3 is 19.1 Å². The van der Waals surface area contributed by atoms with Crippen LogP contribution in [0.1, 0.15) is 67.7 Å². The quantitative estimate of drug-likeness (QED) is 0.544. The molecule has 0 bridgehead atoms. The molecule has 2 aliphatic rings. The molecule has 0 radical (unpaired) electrons. The molecular formula is C24H34N4O5. The van der Waals surface area contributed by atoms with Gasteiger partial charge in [-0.1, -0.05) is 0 Å². The number of carbonyl (C=O) groups is 1. The summed E-state index contributed by atoms with van der Waals surface area (Å²) in [7, 11) is 1.62. The van der Waals surface area contributed by atoms with Crippen LogP contribution in [0.15, 0.2) is 23.0 Å². The molecule has 0 spiro atoms. The van der Waals surface area contributed by atoms with Crippen molar-refractivity contribution in [3.8, 4) is 11.5 Å². The molecule has 33 heavy (non-hydrogen) atoms. The summed E-state index contributed by atoms with van der Waals surface area (Å²) in [5.41, 5.74) is 0.508. The van der Waals surface area contributed by atoms with Crippen LogP contribution in [0, 0.1) is 0 Å². The van der Waals surface area contributed by atoms with Crippen LogP contribution in [-0.4, -0.2) is 65.2 Å². The fraction of sp³-hybridized carbons (Fsp3) is 0.625. The second-order valence-corrected chi connectivity index (χ2v) is 8.58. The maximum Gasteiger partial charge on any atom is 0.346 e. The lowest BCUT2D eigenvalue weighted by Gasteiger charge is -2.32. The van der Waals surface area contributed by atoms with E-state index in [1.165, 1.54) is 4.68 Å². The first-order valence-electron chi connectivity index (χ1n) is 11.9. The Morgan fingerprint density at radius 2 is 1.88 bits per heavy atom. The third-order valence-electron chi connectivity index (χ3n) is 6.18. The van der Waals surface area contributed by atoms with Gasteiger partial charge >= 0.3 is 5.69 Å². The number of amides is 1. The molecule has 1 aliphatic heterocycles. The fourth-order valence-corrected chi connectivity index (χ4v) is 4.45. The molecule has 1 aliphatic carbocycles. The monoisotopic (exact) mass is 458 g/mol. The SMILES string of the molecule is CCOc1ccc(C(=O)N2CCCC(c3nn(CCOC)c(=O)n3C3CC3)C2)cc1OCC. The van der Waals surface area contributed by atoms with E-state index in [2.05, 4.69) is 5.10 Å². The fourth-order valence-electron chi connectivity index (χ4n) is 4.45. The number of hydrogen-bond donors (Lipinski definition) is 0. The highest BCUT2D eigenvalue weighted by Crippen LogP contribution is 2.37. The summed E-state index contributed by atoms with van der Waals surface area (Å²) in [6.45, 7) is 6.95. The number of hydrogen-bond acceptors (Lipinski definition) is 6. The Bertz CT molecular complexity index is 1030. The van der Waals surface area contributed by atoms with Crippen molar-refractivity contribution in [2.24, 2.45) is 0 Å². The molecule has 1 amide bonds. The van der Waals surface area contributed by atoms with E-state index in [0.717, 1.165) is 31.5 Å². The first kappa shape index (κ1) is 23.4. The molecule has 2 heterocycles. The van der Waals surface area contributed by atoms with Crippen LogP contribution in [0.2, 0.25) is 0 Å². The second kappa shape index (κ2) is 10.4. The number of methoxy groups -OCH3 is 1. The number of benzene rings is 1. The van der Waals surface area contributed by atoms with Crippen LogP contribution in [0.4, 0.5) is 0 Å². The molecule has 9 heteroatoms. The second-order valence-electron chi connectivity index (χ2n) is 8.58.